The standard InChI is InChI=1S/C17H19N3O/c1-2-21-14-6-5-9-20(12-14)17-13(10-18)11-19-16-8-4-3-7-15(16)17/h3-4,7-8,11,14H,2,5-6,9,12H2,1H3. The molecule has 1 unspecified atom stereocenters. The van der Waals surface area contributed by atoms with Crippen LogP contribution in [0.3, 0.4) is 0 Å². The molecule has 1 aromatic heterocycles. The lowest BCUT2D eigenvalue weighted by molar-refractivity contribution is 0.0527. The molecule has 3 rings (SSSR count). The third kappa shape index (κ3) is 2.70. The van der Waals surface area contributed by atoms with Crippen LogP contribution in [0.1, 0.15) is 25.3 Å². The number of hydrogen-bond donors (Lipinski definition) is 0. The van der Waals surface area contributed by atoms with Gasteiger partial charge in [0, 0.05) is 31.3 Å². The van der Waals surface area contributed by atoms with Crippen molar-refractivity contribution in [2.75, 3.05) is 24.6 Å². The summed E-state index contributed by atoms with van der Waals surface area (Å²) in [7, 11) is 0. The summed E-state index contributed by atoms with van der Waals surface area (Å²) in [5.74, 6) is 0. The Morgan fingerprint density at radius 3 is 3.10 bits per heavy atom. The van der Waals surface area contributed by atoms with E-state index in [2.05, 4.69) is 16.0 Å². The van der Waals surface area contributed by atoms with E-state index in [4.69, 9.17) is 4.74 Å². The van der Waals surface area contributed by atoms with Crippen LogP contribution in [0.5, 0.6) is 0 Å². The first-order chi connectivity index (χ1) is 10.3. The highest BCUT2D eigenvalue weighted by Crippen LogP contribution is 2.31. The van der Waals surface area contributed by atoms with Crippen molar-refractivity contribution in [3.8, 4) is 6.07 Å². The number of benzene rings is 1. The molecule has 0 N–H and O–H groups in total. The normalized spacial score (nSPS) is 18.7. The molecule has 21 heavy (non-hydrogen) atoms. The van der Waals surface area contributed by atoms with Crippen molar-refractivity contribution in [1.82, 2.24) is 4.98 Å². The molecule has 2 aromatic rings. The third-order valence-corrected chi connectivity index (χ3v) is 3.96. The smallest absolute Gasteiger partial charge is 0.103 e. The van der Waals surface area contributed by atoms with Crippen molar-refractivity contribution in [3.63, 3.8) is 0 Å². The van der Waals surface area contributed by atoms with Gasteiger partial charge in [0.25, 0.3) is 0 Å². The number of piperidine rings is 1. The second-order valence-electron chi connectivity index (χ2n) is 5.32. The Morgan fingerprint density at radius 1 is 1.43 bits per heavy atom. The number of fused-ring (bicyclic) bond motifs is 1. The topological polar surface area (TPSA) is 49.1 Å². The predicted octanol–water partition coefficient (Wildman–Crippen LogP) is 3.11. The van der Waals surface area contributed by atoms with Gasteiger partial charge >= 0.3 is 0 Å². The van der Waals surface area contributed by atoms with Crippen LogP contribution >= 0.6 is 0 Å². The number of hydrogen-bond acceptors (Lipinski definition) is 4. The van der Waals surface area contributed by atoms with Crippen LogP contribution in [0.15, 0.2) is 30.5 Å². The lowest BCUT2D eigenvalue weighted by atomic mass is 10.0. The monoisotopic (exact) mass is 281 g/mol. The maximum absolute atomic E-state index is 9.43. The molecule has 1 aliphatic heterocycles. The minimum Gasteiger partial charge on any atom is -0.377 e. The van der Waals surface area contributed by atoms with Crippen LogP contribution in [-0.4, -0.2) is 30.8 Å². The summed E-state index contributed by atoms with van der Waals surface area (Å²) in [5, 5.41) is 10.5. The van der Waals surface area contributed by atoms with Gasteiger partial charge in [-0.15, -0.1) is 0 Å². The SMILES string of the molecule is CCOC1CCCN(c2c(C#N)cnc3ccccc23)C1. The van der Waals surface area contributed by atoms with Crippen LogP contribution in [0.2, 0.25) is 0 Å². The van der Waals surface area contributed by atoms with E-state index in [1.807, 2.05) is 31.2 Å². The fraction of sp³-hybridized carbons (Fsp3) is 0.412. The second-order valence-corrected chi connectivity index (χ2v) is 5.32. The largest absolute Gasteiger partial charge is 0.377 e. The highest BCUT2D eigenvalue weighted by atomic mass is 16.5. The molecule has 2 heterocycles. The first-order valence-electron chi connectivity index (χ1n) is 7.48. The minimum atomic E-state index is 0.252. The molecular formula is C17H19N3O. The second kappa shape index (κ2) is 6.11. The number of nitriles is 1. The van der Waals surface area contributed by atoms with E-state index in [1.165, 1.54) is 0 Å². The Balaban J connectivity index is 2.04. The molecule has 1 atom stereocenters. The Hall–Kier alpha value is -2.12. The molecule has 4 nitrogen and oxygen atoms in total. The van der Waals surface area contributed by atoms with Gasteiger partial charge < -0.3 is 9.64 Å². The van der Waals surface area contributed by atoms with E-state index in [0.29, 0.717) is 5.56 Å². The van der Waals surface area contributed by atoms with Crippen molar-refractivity contribution < 1.29 is 4.74 Å². The zero-order valence-corrected chi connectivity index (χ0v) is 12.2. The molecule has 0 aliphatic carbocycles. The van der Waals surface area contributed by atoms with Gasteiger partial charge in [-0.1, -0.05) is 18.2 Å². The molecular weight excluding hydrogens is 262 g/mol. The molecule has 0 radical (unpaired) electrons. The van der Waals surface area contributed by atoms with Crippen LogP contribution in [0.4, 0.5) is 5.69 Å². The molecule has 0 amide bonds. The summed E-state index contributed by atoms with van der Waals surface area (Å²) >= 11 is 0. The maximum atomic E-state index is 9.43. The molecule has 1 aliphatic rings. The van der Waals surface area contributed by atoms with Crippen LogP contribution < -0.4 is 4.90 Å². The lowest BCUT2D eigenvalue weighted by Gasteiger charge is -2.35. The average Bonchev–Trinajstić information content (AvgIpc) is 2.54. The predicted molar refractivity (Wildman–Crippen MR) is 83.3 cm³/mol. The first-order valence-corrected chi connectivity index (χ1v) is 7.48. The summed E-state index contributed by atoms with van der Waals surface area (Å²) in [4.78, 5) is 6.67. The Morgan fingerprint density at radius 2 is 2.29 bits per heavy atom. The summed E-state index contributed by atoms with van der Waals surface area (Å²) < 4.78 is 5.78. The van der Waals surface area contributed by atoms with Gasteiger partial charge in [0.15, 0.2) is 0 Å². The summed E-state index contributed by atoms with van der Waals surface area (Å²) in [5.41, 5.74) is 2.59. The zero-order valence-electron chi connectivity index (χ0n) is 12.2. The van der Waals surface area contributed by atoms with Crippen molar-refractivity contribution in [1.29, 1.82) is 5.26 Å². The fourth-order valence-electron chi connectivity index (χ4n) is 3.06. The van der Waals surface area contributed by atoms with Gasteiger partial charge in [-0.2, -0.15) is 5.26 Å². The van der Waals surface area contributed by atoms with Gasteiger partial charge in [-0.3, -0.25) is 4.98 Å². The number of nitrogens with zero attached hydrogens (tertiary/aromatic N) is 3. The first kappa shape index (κ1) is 13.8. The van der Waals surface area contributed by atoms with Crippen molar-refractivity contribution in [2.45, 2.75) is 25.9 Å². The van der Waals surface area contributed by atoms with Crippen LogP contribution in [0.25, 0.3) is 10.9 Å². The minimum absolute atomic E-state index is 0.252. The Kier molecular flexibility index (Phi) is 4.03. The fourth-order valence-corrected chi connectivity index (χ4v) is 3.06. The van der Waals surface area contributed by atoms with E-state index < -0.39 is 0 Å². The van der Waals surface area contributed by atoms with E-state index in [-0.39, 0.29) is 6.10 Å². The van der Waals surface area contributed by atoms with Crippen LogP contribution in [0, 0.1) is 11.3 Å². The highest BCUT2D eigenvalue weighted by molar-refractivity contribution is 5.94. The lowest BCUT2D eigenvalue weighted by Crippen LogP contribution is -2.40. The molecule has 1 aromatic carbocycles. The summed E-state index contributed by atoms with van der Waals surface area (Å²) in [6.07, 6.45) is 4.12. The highest BCUT2D eigenvalue weighted by Gasteiger charge is 2.23. The number of ether oxygens (including phenoxy) is 1. The number of rotatable bonds is 3. The molecule has 0 bridgehead atoms. The van der Waals surface area contributed by atoms with E-state index >= 15 is 0 Å². The van der Waals surface area contributed by atoms with E-state index in [0.717, 1.165) is 49.1 Å². The van der Waals surface area contributed by atoms with Gasteiger partial charge in [-0.25, -0.2) is 0 Å². The van der Waals surface area contributed by atoms with E-state index in [1.54, 1.807) is 6.20 Å². The molecule has 4 heteroatoms. The average molecular weight is 281 g/mol. The van der Waals surface area contributed by atoms with Gasteiger partial charge in [-0.05, 0) is 25.8 Å². The molecule has 0 saturated carbocycles. The van der Waals surface area contributed by atoms with Gasteiger partial charge in [0.2, 0.25) is 0 Å². The third-order valence-electron chi connectivity index (χ3n) is 3.96. The Labute approximate surface area is 125 Å². The molecule has 1 saturated heterocycles. The van der Waals surface area contributed by atoms with Crippen molar-refractivity contribution >= 4 is 16.6 Å². The maximum Gasteiger partial charge on any atom is 0.103 e. The number of anilines is 1. The van der Waals surface area contributed by atoms with Gasteiger partial charge in [0.05, 0.1) is 22.9 Å². The molecule has 108 valence electrons. The van der Waals surface area contributed by atoms with Crippen LogP contribution in [-0.2, 0) is 4.74 Å². The number of aromatic nitrogens is 1. The molecule has 1 fully saturated rings. The number of para-hydroxylation sites is 1. The summed E-state index contributed by atoms with van der Waals surface area (Å²) in [6.45, 7) is 4.57. The molecule has 0 spiro atoms. The Bertz CT molecular complexity index is 675. The van der Waals surface area contributed by atoms with E-state index in [9.17, 15) is 5.26 Å². The van der Waals surface area contributed by atoms with Gasteiger partial charge in [0.1, 0.15) is 6.07 Å². The summed E-state index contributed by atoms with van der Waals surface area (Å²) in [6, 6.07) is 10.3. The number of pyridine rings is 1. The van der Waals surface area contributed by atoms with Crippen molar-refractivity contribution in [2.24, 2.45) is 0 Å². The zero-order chi connectivity index (χ0) is 14.7. The quantitative estimate of drug-likeness (QED) is 0.867. The van der Waals surface area contributed by atoms with Crippen molar-refractivity contribution in [3.05, 3.63) is 36.0 Å².